The third-order valence-corrected chi connectivity index (χ3v) is 10.4. The molecule has 0 aromatic rings. The molecule has 53 heavy (non-hydrogen) atoms. The molecule has 0 aliphatic rings. The summed E-state index contributed by atoms with van der Waals surface area (Å²) in [6.45, 7) is 13.6. The van der Waals surface area contributed by atoms with E-state index >= 15 is 0 Å². The highest BCUT2D eigenvalue weighted by atomic mass is 16.6. The van der Waals surface area contributed by atoms with Crippen molar-refractivity contribution in [2.24, 2.45) is 17.8 Å². The van der Waals surface area contributed by atoms with E-state index in [0.717, 1.165) is 75.5 Å². The fourth-order valence-corrected chi connectivity index (χ4v) is 6.88. The van der Waals surface area contributed by atoms with Crippen molar-refractivity contribution in [3.8, 4) is 0 Å². The van der Waals surface area contributed by atoms with Crippen molar-refractivity contribution < 1.29 is 28.6 Å². The number of hydrogen-bond donors (Lipinski definition) is 0. The zero-order valence-electron chi connectivity index (χ0n) is 36.3. The van der Waals surface area contributed by atoms with Crippen LogP contribution in [0.5, 0.6) is 0 Å². The van der Waals surface area contributed by atoms with Crippen molar-refractivity contribution in [3.05, 3.63) is 0 Å². The van der Waals surface area contributed by atoms with Gasteiger partial charge in [-0.2, -0.15) is 0 Å². The Morgan fingerprint density at radius 2 is 0.547 bits per heavy atom. The lowest BCUT2D eigenvalue weighted by Crippen LogP contribution is -2.30. The Kier molecular flexibility index (Phi) is 37.5. The van der Waals surface area contributed by atoms with E-state index in [4.69, 9.17) is 14.2 Å². The van der Waals surface area contributed by atoms with Crippen molar-refractivity contribution in [2.75, 3.05) is 13.2 Å². The molecule has 0 rings (SSSR count). The Bertz CT molecular complexity index is 822. The largest absolute Gasteiger partial charge is 0.462 e. The maximum Gasteiger partial charge on any atom is 0.306 e. The van der Waals surface area contributed by atoms with Crippen molar-refractivity contribution in [3.63, 3.8) is 0 Å². The molecule has 0 spiro atoms. The highest BCUT2D eigenvalue weighted by Gasteiger charge is 2.19. The zero-order valence-corrected chi connectivity index (χ0v) is 36.3. The molecule has 0 unspecified atom stereocenters. The monoisotopic (exact) mass is 751 g/mol. The number of carbonyl (C=O) groups is 3. The first kappa shape index (κ1) is 51.4. The average molecular weight is 751 g/mol. The highest BCUT2D eigenvalue weighted by Crippen LogP contribution is 2.17. The number of ether oxygens (including phenoxy) is 3. The molecule has 0 N–H and O–H groups in total. The second-order valence-electron chi connectivity index (χ2n) is 17.5. The molecule has 0 saturated heterocycles. The van der Waals surface area contributed by atoms with Gasteiger partial charge in [0.15, 0.2) is 6.10 Å². The van der Waals surface area contributed by atoms with E-state index in [-0.39, 0.29) is 31.1 Å². The predicted molar refractivity (Wildman–Crippen MR) is 224 cm³/mol. The quantitative estimate of drug-likeness (QED) is 0.0352. The average Bonchev–Trinajstić information content (AvgIpc) is 3.11. The SMILES string of the molecule is CC(C)CCCCCCCCCCCCCC(=O)OC[C@@H](COC(=O)CCCCCCCCCCCC(C)C)OC(=O)CCCCCCCCC(C)C. The maximum absolute atomic E-state index is 12.7. The van der Waals surface area contributed by atoms with Gasteiger partial charge in [-0.15, -0.1) is 0 Å². The third kappa shape index (κ3) is 41.4. The molecule has 0 saturated carbocycles. The summed E-state index contributed by atoms with van der Waals surface area (Å²) >= 11 is 0. The van der Waals surface area contributed by atoms with Gasteiger partial charge in [0.1, 0.15) is 13.2 Å². The van der Waals surface area contributed by atoms with Crippen LogP contribution in [0, 0.1) is 17.8 Å². The molecule has 0 aliphatic heterocycles. The molecule has 0 aromatic carbocycles. The van der Waals surface area contributed by atoms with Gasteiger partial charge in [0.05, 0.1) is 0 Å². The van der Waals surface area contributed by atoms with Gasteiger partial charge in [-0.3, -0.25) is 14.4 Å². The normalized spacial score (nSPS) is 12.2. The van der Waals surface area contributed by atoms with E-state index in [1.54, 1.807) is 0 Å². The number of carbonyl (C=O) groups excluding carboxylic acids is 3. The summed E-state index contributed by atoms with van der Waals surface area (Å²) in [5, 5.41) is 0. The predicted octanol–water partition coefficient (Wildman–Crippen LogP) is 14.4. The Hall–Kier alpha value is -1.59. The summed E-state index contributed by atoms with van der Waals surface area (Å²) in [7, 11) is 0. The minimum atomic E-state index is -0.762. The summed E-state index contributed by atoms with van der Waals surface area (Å²) in [4.78, 5) is 37.7. The van der Waals surface area contributed by atoms with E-state index < -0.39 is 6.10 Å². The van der Waals surface area contributed by atoms with E-state index in [1.807, 2.05) is 0 Å². The summed E-state index contributed by atoms with van der Waals surface area (Å²) in [5.41, 5.74) is 0. The molecule has 0 bridgehead atoms. The maximum atomic E-state index is 12.7. The molecule has 0 fully saturated rings. The van der Waals surface area contributed by atoms with Crippen LogP contribution < -0.4 is 0 Å². The number of hydrogen-bond acceptors (Lipinski definition) is 6. The molecule has 314 valence electrons. The first-order valence-corrected chi connectivity index (χ1v) is 23.1. The van der Waals surface area contributed by atoms with Crippen LogP contribution in [-0.4, -0.2) is 37.2 Å². The van der Waals surface area contributed by atoms with Crippen LogP contribution in [-0.2, 0) is 28.6 Å². The summed E-state index contributed by atoms with van der Waals surface area (Å²) in [6, 6.07) is 0. The highest BCUT2D eigenvalue weighted by molar-refractivity contribution is 5.71. The fourth-order valence-electron chi connectivity index (χ4n) is 6.88. The summed E-state index contributed by atoms with van der Waals surface area (Å²) in [5.74, 6) is 1.53. The number of esters is 3. The molecule has 1 atom stereocenters. The van der Waals surface area contributed by atoms with Gasteiger partial charge in [-0.25, -0.2) is 0 Å². The van der Waals surface area contributed by atoms with Gasteiger partial charge < -0.3 is 14.2 Å². The van der Waals surface area contributed by atoms with Crippen molar-refractivity contribution >= 4 is 17.9 Å². The Morgan fingerprint density at radius 1 is 0.321 bits per heavy atom. The Balaban J connectivity index is 4.30. The molecule has 0 amide bonds. The molecular formula is C47H90O6. The summed E-state index contributed by atoms with van der Waals surface area (Å²) in [6.07, 6.45) is 35.3. The lowest BCUT2D eigenvalue weighted by molar-refractivity contribution is -0.167. The standard InChI is InChI=1S/C47H90O6/c1-41(2)33-27-21-15-11-8-7-9-13-17-24-30-36-45(48)51-39-44(53-47(50)38-32-26-20-19-23-29-35-43(5)6)40-52-46(49)37-31-25-18-14-10-12-16-22-28-34-42(3)4/h41-44H,7-40H2,1-6H3/t44-/m0/s1. The minimum absolute atomic E-state index is 0.0668. The van der Waals surface area contributed by atoms with Crippen LogP contribution in [0.2, 0.25) is 0 Å². The van der Waals surface area contributed by atoms with E-state index in [2.05, 4.69) is 41.5 Å². The van der Waals surface area contributed by atoms with Crippen LogP contribution in [0.3, 0.4) is 0 Å². The number of rotatable bonds is 40. The van der Waals surface area contributed by atoms with Crippen molar-refractivity contribution in [2.45, 2.75) is 253 Å². The molecule has 0 radical (unpaired) electrons. The van der Waals surface area contributed by atoms with E-state index in [0.29, 0.717) is 19.3 Å². The van der Waals surface area contributed by atoms with Gasteiger partial charge in [-0.05, 0) is 37.0 Å². The van der Waals surface area contributed by atoms with Crippen LogP contribution in [0.25, 0.3) is 0 Å². The van der Waals surface area contributed by atoms with Gasteiger partial charge >= 0.3 is 17.9 Å². The molecule has 6 nitrogen and oxygen atoms in total. The Morgan fingerprint density at radius 3 is 0.811 bits per heavy atom. The van der Waals surface area contributed by atoms with Crippen LogP contribution in [0.4, 0.5) is 0 Å². The first-order chi connectivity index (χ1) is 25.6. The topological polar surface area (TPSA) is 78.9 Å². The smallest absolute Gasteiger partial charge is 0.306 e. The second-order valence-corrected chi connectivity index (χ2v) is 17.5. The lowest BCUT2D eigenvalue weighted by Gasteiger charge is -2.18. The second kappa shape index (κ2) is 38.7. The molecule has 0 heterocycles. The van der Waals surface area contributed by atoms with Crippen LogP contribution in [0.1, 0.15) is 247 Å². The molecule has 0 aliphatic carbocycles. The van der Waals surface area contributed by atoms with Gasteiger partial charge in [-0.1, -0.05) is 208 Å². The first-order valence-electron chi connectivity index (χ1n) is 23.1. The van der Waals surface area contributed by atoms with Gasteiger partial charge in [0, 0.05) is 19.3 Å². The molecule has 6 heteroatoms. The Labute approximate surface area is 329 Å². The third-order valence-electron chi connectivity index (χ3n) is 10.4. The number of unbranched alkanes of at least 4 members (excludes halogenated alkanes) is 23. The molecular weight excluding hydrogens is 661 g/mol. The van der Waals surface area contributed by atoms with Crippen LogP contribution >= 0.6 is 0 Å². The van der Waals surface area contributed by atoms with Gasteiger partial charge in [0.25, 0.3) is 0 Å². The summed E-state index contributed by atoms with van der Waals surface area (Å²) < 4.78 is 16.7. The van der Waals surface area contributed by atoms with Crippen molar-refractivity contribution in [1.29, 1.82) is 0 Å². The zero-order chi connectivity index (χ0) is 39.2. The van der Waals surface area contributed by atoms with Gasteiger partial charge in [0.2, 0.25) is 0 Å². The minimum Gasteiger partial charge on any atom is -0.462 e. The fraction of sp³-hybridized carbons (Fsp3) is 0.936. The molecule has 0 aromatic heterocycles. The van der Waals surface area contributed by atoms with E-state index in [9.17, 15) is 14.4 Å². The van der Waals surface area contributed by atoms with E-state index in [1.165, 1.54) is 128 Å². The lowest BCUT2D eigenvalue weighted by atomic mass is 10.0. The van der Waals surface area contributed by atoms with Crippen molar-refractivity contribution in [1.82, 2.24) is 0 Å². The van der Waals surface area contributed by atoms with Crippen LogP contribution in [0.15, 0.2) is 0 Å².